The standard InChI is InChI=1S/C11H12BrNO2/c1-6-5-9(6)13-8-4-2-3-7(12)10(8)11(14)15/h2-4,6,9,13H,5H2,1H3,(H,14,15). The first-order valence-corrected chi connectivity index (χ1v) is 5.67. The quantitative estimate of drug-likeness (QED) is 0.887. The summed E-state index contributed by atoms with van der Waals surface area (Å²) in [5.41, 5.74) is 1.02. The van der Waals surface area contributed by atoms with E-state index in [1.165, 1.54) is 0 Å². The van der Waals surface area contributed by atoms with E-state index in [0.717, 1.165) is 6.42 Å². The number of nitrogens with one attached hydrogen (secondary N) is 1. The van der Waals surface area contributed by atoms with E-state index < -0.39 is 5.97 Å². The molecule has 0 saturated heterocycles. The van der Waals surface area contributed by atoms with Gasteiger partial charge in [0.25, 0.3) is 0 Å². The number of hydrogen-bond donors (Lipinski definition) is 2. The molecule has 0 bridgehead atoms. The van der Waals surface area contributed by atoms with E-state index in [0.29, 0.717) is 27.7 Å². The number of halogens is 1. The van der Waals surface area contributed by atoms with Crippen LogP contribution in [0.4, 0.5) is 5.69 Å². The van der Waals surface area contributed by atoms with Crippen molar-refractivity contribution >= 4 is 27.6 Å². The molecule has 1 saturated carbocycles. The zero-order chi connectivity index (χ0) is 11.0. The minimum absolute atomic E-state index is 0.316. The molecule has 2 N–H and O–H groups in total. The van der Waals surface area contributed by atoms with Crippen LogP contribution < -0.4 is 5.32 Å². The summed E-state index contributed by atoms with van der Waals surface area (Å²) in [6, 6.07) is 5.81. The molecule has 4 heteroatoms. The topological polar surface area (TPSA) is 49.3 Å². The van der Waals surface area contributed by atoms with Gasteiger partial charge in [0.15, 0.2) is 0 Å². The minimum atomic E-state index is -0.904. The number of anilines is 1. The highest BCUT2D eigenvalue weighted by Gasteiger charge is 2.33. The third-order valence-electron chi connectivity index (χ3n) is 2.68. The monoisotopic (exact) mass is 269 g/mol. The van der Waals surface area contributed by atoms with Crippen molar-refractivity contribution in [1.29, 1.82) is 0 Å². The Bertz CT molecular complexity index is 406. The molecule has 0 amide bonds. The largest absolute Gasteiger partial charge is 0.478 e. The second-order valence-corrected chi connectivity index (χ2v) is 4.79. The number of aromatic carboxylic acids is 1. The van der Waals surface area contributed by atoms with Gasteiger partial charge in [-0.1, -0.05) is 13.0 Å². The van der Waals surface area contributed by atoms with Crippen LogP contribution in [-0.2, 0) is 0 Å². The molecule has 0 aromatic heterocycles. The van der Waals surface area contributed by atoms with Crippen molar-refractivity contribution in [3.05, 3.63) is 28.2 Å². The number of benzene rings is 1. The molecule has 2 rings (SSSR count). The Kier molecular flexibility index (Phi) is 2.69. The van der Waals surface area contributed by atoms with E-state index in [-0.39, 0.29) is 0 Å². The smallest absolute Gasteiger partial charge is 0.338 e. The van der Waals surface area contributed by atoms with Crippen molar-refractivity contribution < 1.29 is 9.90 Å². The Morgan fingerprint density at radius 3 is 2.80 bits per heavy atom. The Labute approximate surface area is 96.6 Å². The highest BCUT2D eigenvalue weighted by Crippen LogP contribution is 2.35. The lowest BCUT2D eigenvalue weighted by Crippen LogP contribution is -2.09. The van der Waals surface area contributed by atoms with E-state index >= 15 is 0 Å². The second-order valence-electron chi connectivity index (χ2n) is 3.93. The lowest BCUT2D eigenvalue weighted by molar-refractivity contribution is 0.0697. The predicted molar refractivity (Wildman–Crippen MR) is 62.3 cm³/mol. The fourth-order valence-electron chi connectivity index (χ4n) is 1.58. The summed E-state index contributed by atoms with van der Waals surface area (Å²) < 4.78 is 0.619. The van der Waals surface area contributed by atoms with E-state index in [1.54, 1.807) is 12.1 Å². The first-order valence-electron chi connectivity index (χ1n) is 4.88. The van der Waals surface area contributed by atoms with Crippen LogP contribution in [0.25, 0.3) is 0 Å². The number of carboxylic acids is 1. The van der Waals surface area contributed by atoms with Crippen molar-refractivity contribution in [1.82, 2.24) is 0 Å². The van der Waals surface area contributed by atoms with Crippen LogP contribution >= 0.6 is 15.9 Å². The van der Waals surface area contributed by atoms with E-state index in [4.69, 9.17) is 5.11 Å². The summed E-state index contributed by atoms with van der Waals surface area (Å²) >= 11 is 3.25. The summed E-state index contributed by atoms with van der Waals surface area (Å²) in [6.45, 7) is 2.15. The molecule has 1 aromatic rings. The molecule has 0 heterocycles. The Morgan fingerprint density at radius 2 is 2.27 bits per heavy atom. The maximum atomic E-state index is 11.1. The maximum Gasteiger partial charge on any atom is 0.338 e. The molecule has 1 aromatic carbocycles. The van der Waals surface area contributed by atoms with Crippen LogP contribution in [0, 0.1) is 5.92 Å². The number of carboxylic acid groups (broad SMARTS) is 1. The van der Waals surface area contributed by atoms with Crippen LogP contribution in [0.1, 0.15) is 23.7 Å². The lowest BCUT2D eigenvalue weighted by atomic mass is 10.2. The summed E-state index contributed by atoms with van der Waals surface area (Å²) in [4.78, 5) is 11.1. The van der Waals surface area contributed by atoms with Crippen LogP contribution in [0.3, 0.4) is 0 Å². The number of carbonyl (C=O) groups is 1. The van der Waals surface area contributed by atoms with Crippen LogP contribution in [0.5, 0.6) is 0 Å². The summed E-state index contributed by atoms with van der Waals surface area (Å²) in [5.74, 6) is -0.260. The van der Waals surface area contributed by atoms with Gasteiger partial charge in [0.05, 0.1) is 11.3 Å². The van der Waals surface area contributed by atoms with Gasteiger partial charge in [0.1, 0.15) is 0 Å². The summed E-state index contributed by atoms with van der Waals surface area (Å²) in [5, 5.41) is 12.3. The average molecular weight is 270 g/mol. The average Bonchev–Trinajstić information content (AvgIpc) is 2.81. The van der Waals surface area contributed by atoms with Crippen LogP contribution in [-0.4, -0.2) is 17.1 Å². The SMILES string of the molecule is CC1CC1Nc1cccc(Br)c1C(=O)O. The third-order valence-corrected chi connectivity index (χ3v) is 3.34. The molecule has 2 unspecified atom stereocenters. The first kappa shape index (κ1) is 10.5. The molecule has 2 atom stereocenters. The zero-order valence-electron chi connectivity index (χ0n) is 8.33. The molecule has 0 spiro atoms. The van der Waals surface area contributed by atoms with Gasteiger partial charge in [0, 0.05) is 10.5 Å². The van der Waals surface area contributed by atoms with E-state index in [1.807, 2.05) is 6.07 Å². The van der Waals surface area contributed by atoms with Crippen molar-refractivity contribution in [2.45, 2.75) is 19.4 Å². The molecule has 1 aliphatic carbocycles. The molecule has 0 aliphatic heterocycles. The summed E-state index contributed by atoms with van der Waals surface area (Å²) in [6.07, 6.45) is 1.12. The van der Waals surface area contributed by atoms with Crippen molar-refractivity contribution in [2.75, 3.05) is 5.32 Å². The van der Waals surface area contributed by atoms with Gasteiger partial charge in [-0.15, -0.1) is 0 Å². The molecule has 15 heavy (non-hydrogen) atoms. The maximum absolute atomic E-state index is 11.1. The van der Waals surface area contributed by atoms with Gasteiger partial charge >= 0.3 is 5.97 Å². The molecule has 1 fully saturated rings. The minimum Gasteiger partial charge on any atom is -0.478 e. The van der Waals surface area contributed by atoms with Crippen LogP contribution in [0.15, 0.2) is 22.7 Å². The van der Waals surface area contributed by atoms with Crippen LogP contribution in [0.2, 0.25) is 0 Å². The highest BCUT2D eigenvalue weighted by atomic mass is 79.9. The number of hydrogen-bond acceptors (Lipinski definition) is 2. The van der Waals surface area contributed by atoms with Gasteiger partial charge in [0.2, 0.25) is 0 Å². The van der Waals surface area contributed by atoms with E-state index in [9.17, 15) is 4.79 Å². The van der Waals surface area contributed by atoms with Gasteiger partial charge in [-0.2, -0.15) is 0 Å². The molecule has 3 nitrogen and oxygen atoms in total. The molecule has 1 aliphatic rings. The number of rotatable bonds is 3. The highest BCUT2D eigenvalue weighted by molar-refractivity contribution is 9.10. The second kappa shape index (κ2) is 3.85. The van der Waals surface area contributed by atoms with Gasteiger partial charge in [-0.3, -0.25) is 0 Å². The summed E-state index contributed by atoms with van der Waals surface area (Å²) in [7, 11) is 0. The Hall–Kier alpha value is -1.03. The molecule has 80 valence electrons. The van der Waals surface area contributed by atoms with Crippen molar-refractivity contribution in [3.63, 3.8) is 0 Å². The Balaban J connectivity index is 2.29. The van der Waals surface area contributed by atoms with Gasteiger partial charge in [-0.25, -0.2) is 4.79 Å². The van der Waals surface area contributed by atoms with Crippen molar-refractivity contribution in [2.24, 2.45) is 5.92 Å². The zero-order valence-corrected chi connectivity index (χ0v) is 9.91. The Morgan fingerprint density at radius 1 is 1.60 bits per heavy atom. The lowest BCUT2D eigenvalue weighted by Gasteiger charge is -2.10. The predicted octanol–water partition coefficient (Wildman–Crippen LogP) is 2.97. The normalized spacial score (nSPS) is 23.6. The first-order chi connectivity index (χ1) is 7.09. The van der Waals surface area contributed by atoms with Gasteiger partial charge < -0.3 is 10.4 Å². The molecular formula is C11H12BrNO2. The van der Waals surface area contributed by atoms with E-state index in [2.05, 4.69) is 28.2 Å². The fraction of sp³-hybridized carbons (Fsp3) is 0.364. The van der Waals surface area contributed by atoms with Gasteiger partial charge in [-0.05, 0) is 40.4 Å². The molecule has 0 radical (unpaired) electrons. The molecular weight excluding hydrogens is 258 g/mol. The third kappa shape index (κ3) is 2.15. The fourth-order valence-corrected chi connectivity index (χ4v) is 2.12. The van der Waals surface area contributed by atoms with Crippen molar-refractivity contribution in [3.8, 4) is 0 Å².